The van der Waals surface area contributed by atoms with Crippen LogP contribution in [-0.4, -0.2) is 28.2 Å². The Balaban J connectivity index is 4.74. The van der Waals surface area contributed by atoms with Gasteiger partial charge in [0.1, 0.15) is 6.04 Å². The van der Waals surface area contributed by atoms with Gasteiger partial charge in [0, 0.05) is 5.57 Å². The first-order valence-electron chi connectivity index (χ1n) is 4.58. The highest BCUT2D eigenvalue weighted by atomic mass is 16.4. The Labute approximate surface area is 88.6 Å². The zero-order valence-electron chi connectivity index (χ0n) is 9.15. The maximum Gasteiger partial charge on any atom is 0.331 e. The molecule has 0 bridgehead atoms. The summed E-state index contributed by atoms with van der Waals surface area (Å²) in [5.41, 5.74) is 4.93. The van der Waals surface area contributed by atoms with Crippen LogP contribution in [0.5, 0.6) is 0 Å². The second-order valence-corrected chi connectivity index (χ2v) is 4.35. The highest BCUT2D eigenvalue weighted by molar-refractivity contribution is 5.88. The molecule has 0 aliphatic rings. The van der Waals surface area contributed by atoms with Crippen molar-refractivity contribution in [1.82, 2.24) is 0 Å². The van der Waals surface area contributed by atoms with Gasteiger partial charge in [-0.3, -0.25) is 4.79 Å². The highest BCUT2D eigenvalue weighted by Gasteiger charge is 2.23. The van der Waals surface area contributed by atoms with Crippen LogP contribution in [0, 0.1) is 5.41 Å². The van der Waals surface area contributed by atoms with E-state index in [1.165, 1.54) is 6.08 Å². The standard InChI is InChI=1S/C10H17NO4/c1-10(2,3)6(8(12)13)4-5-7(11)9(14)15/h4,7H,5,11H2,1-3H3,(H,12,13)(H,14,15). The van der Waals surface area contributed by atoms with Crippen LogP contribution in [0.3, 0.4) is 0 Å². The average molecular weight is 215 g/mol. The summed E-state index contributed by atoms with van der Waals surface area (Å²) in [5, 5.41) is 17.4. The van der Waals surface area contributed by atoms with Crippen molar-refractivity contribution in [2.45, 2.75) is 33.2 Å². The van der Waals surface area contributed by atoms with Gasteiger partial charge in [0.2, 0.25) is 0 Å². The topological polar surface area (TPSA) is 101 Å². The lowest BCUT2D eigenvalue weighted by molar-refractivity contribution is -0.138. The van der Waals surface area contributed by atoms with Gasteiger partial charge >= 0.3 is 11.9 Å². The molecule has 0 rings (SSSR count). The van der Waals surface area contributed by atoms with Gasteiger partial charge < -0.3 is 15.9 Å². The molecule has 0 aromatic rings. The smallest absolute Gasteiger partial charge is 0.331 e. The van der Waals surface area contributed by atoms with E-state index in [1.807, 2.05) is 0 Å². The fourth-order valence-corrected chi connectivity index (χ4v) is 1.06. The number of rotatable bonds is 4. The maximum absolute atomic E-state index is 10.9. The minimum atomic E-state index is -1.13. The number of carboxylic acid groups (broad SMARTS) is 2. The molecule has 86 valence electrons. The monoisotopic (exact) mass is 215 g/mol. The minimum absolute atomic E-state index is 0.0221. The Hall–Kier alpha value is -1.36. The summed E-state index contributed by atoms with van der Waals surface area (Å²) in [7, 11) is 0. The summed E-state index contributed by atoms with van der Waals surface area (Å²) in [6, 6.07) is -1.05. The SMILES string of the molecule is CC(C)(C)C(=CCC(N)C(=O)O)C(=O)O. The van der Waals surface area contributed by atoms with Gasteiger partial charge in [0.25, 0.3) is 0 Å². The first-order chi connectivity index (χ1) is 6.66. The lowest BCUT2D eigenvalue weighted by Gasteiger charge is -2.19. The quantitative estimate of drug-likeness (QED) is 0.603. The first kappa shape index (κ1) is 13.6. The Morgan fingerprint density at radius 3 is 2.07 bits per heavy atom. The summed E-state index contributed by atoms with van der Waals surface area (Å²) in [6.07, 6.45) is 1.40. The molecule has 0 saturated heterocycles. The molecule has 15 heavy (non-hydrogen) atoms. The van der Waals surface area contributed by atoms with E-state index < -0.39 is 23.4 Å². The molecule has 0 aromatic heterocycles. The van der Waals surface area contributed by atoms with Crippen molar-refractivity contribution in [3.05, 3.63) is 11.6 Å². The zero-order chi connectivity index (χ0) is 12.2. The average Bonchev–Trinajstić information content (AvgIpc) is 2.00. The minimum Gasteiger partial charge on any atom is -0.480 e. The number of hydrogen-bond donors (Lipinski definition) is 3. The molecule has 5 heteroatoms. The molecule has 1 atom stereocenters. The molecule has 1 unspecified atom stereocenters. The van der Waals surface area contributed by atoms with Gasteiger partial charge in [-0.1, -0.05) is 26.8 Å². The molecule has 5 nitrogen and oxygen atoms in total. The van der Waals surface area contributed by atoms with E-state index in [2.05, 4.69) is 0 Å². The van der Waals surface area contributed by atoms with E-state index in [-0.39, 0.29) is 12.0 Å². The molecule has 0 saturated carbocycles. The van der Waals surface area contributed by atoms with Gasteiger partial charge in [0.05, 0.1) is 0 Å². The Kier molecular flexibility index (Phi) is 4.48. The third kappa shape index (κ3) is 4.60. The lowest BCUT2D eigenvalue weighted by Crippen LogP contribution is -2.30. The molecule has 0 amide bonds. The normalized spacial score (nSPS) is 14.8. The molecule has 0 radical (unpaired) electrons. The van der Waals surface area contributed by atoms with E-state index in [0.717, 1.165) is 0 Å². The summed E-state index contributed by atoms with van der Waals surface area (Å²) < 4.78 is 0. The van der Waals surface area contributed by atoms with Crippen LogP contribution >= 0.6 is 0 Å². The van der Waals surface area contributed by atoms with E-state index >= 15 is 0 Å². The van der Waals surface area contributed by atoms with Crippen molar-refractivity contribution >= 4 is 11.9 Å². The predicted molar refractivity (Wildman–Crippen MR) is 55.4 cm³/mol. The largest absolute Gasteiger partial charge is 0.480 e. The lowest BCUT2D eigenvalue weighted by atomic mass is 9.85. The summed E-state index contributed by atoms with van der Waals surface area (Å²) in [6.45, 7) is 5.25. The first-order valence-corrected chi connectivity index (χ1v) is 4.58. The predicted octanol–water partition coefficient (Wildman–Crippen LogP) is 0.845. The van der Waals surface area contributed by atoms with Crippen LogP contribution in [0.4, 0.5) is 0 Å². The molecule has 0 fully saturated rings. The number of hydrogen-bond acceptors (Lipinski definition) is 3. The van der Waals surface area contributed by atoms with E-state index in [1.54, 1.807) is 20.8 Å². The molecule has 0 aromatic carbocycles. The number of carbonyl (C=O) groups is 2. The number of aliphatic carboxylic acids is 2. The van der Waals surface area contributed by atoms with Gasteiger partial charge in [-0.25, -0.2) is 4.79 Å². The van der Waals surface area contributed by atoms with E-state index in [4.69, 9.17) is 15.9 Å². The third-order valence-electron chi connectivity index (χ3n) is 1.93. The summed E-state index contributed by atoms with van der Waals surface area (Å²) >= 11 is 0. The van der Waals surface area contributed by atoms with E-state index in [9.17, 15) is 9.59 Å². The van der Waals surface area contributed by atoms with Gasteiger partial charge in [-0.05, 0) is 11.8 Å². The van der Waals surface area contributed by atoms with Crippen LogP contribution in [0.25, 0.3) is 0 Å². The van der Waals surface area contributed by atoms with Gasteiger partial charge in [-0.2, -0.15) is 0 Å². The number of carboxylic acids is 2. The second-order valence-electron chi connectivity index (χ2n) is 4.35. The molecular formula is C10H17NO4. The highest BCUT2D eigenvalue weighted by Crippen LogP contribution is 2.25. The number of nitrogens with two attached hydrogens (primary N) is 1. The van der Waals surface area contributed by atoms with Gasteiger partial charge in [0.15, 0.2) is 0 Å². The Morgan fingerprint density at radius 1 is 1.33 bits per heavy atom. The Bertz CT molecular complexity index is 288. The van der Waals surface area contributed by atoms with Crippen LogP contribution < -0.4 is 5.73 Å². The van der Waals surface area contributed by atoms with Crippen molar-refractivity contribution in [2.75, 3.05) is 0 Å². The van der Waals surface area contributed by atoms with Gasteiger partial charge in [-0.15, -0.1) is 0 Å². The van der Waals surface area contributed by atoms with Crippen molar-refractivity contribution in [3.8, 4) is 0 Å². The van der Waals surface area contributed by atoms with Crippen molar-refractivity contribution in [1.29, 1.82) is 0 Å². The molecule has 0 aliphatic carbocycles. The molecule has 0 heterocycles. The molecule has 0 aliphatic heterocycles. The van der Waals surface area contributed by atoms with Crippen molar-refractivity contribution < 1.29 is 19.8 Å². The summed E-state index contributed by atoms with van der Waals surface area (Å²) in [4.78, 5) is 21.3. The van der Waals surface area contributed by atoms with Crippen LogP contribution in [0.1, 0.15) is 27.2 Å². The fourth-order valence-electron chi connectivity index (χ4n) is 1.06. The summed E-state index contributed by atoms with van der Waals surface area (Å²) in [5.74, 6) is -2.18. The zero-order valence-corrected chi connectivity index (χ0v) is 9.15. The van der Waals surface area contributed by atoms with Crippen LogP contribution in [0.15, 0.2) is 11.6 Å². The van der Waals surface area contributed by atoms with Crippen LogP contribution in [0.2, 0.25) is 0 Å². The second kappa shape index (κ2) is 4.93. The van der Waals surface area contributed by atoms with Crippen molar-refractivity contribution in [3.63, 3.8) is 0 Å². The molecule has 0 spiro atoms. The van der Waals surface area contributed by atoms with Crippen LogP contribution in [-0.2, 0) is 9.59 Å². The van der Waals surface area contributed by atoms with E-state index in [0.29, 0.717) is 0 Å². The third-order valence-corrected chi connectivity index (χ3v) is 1.93. The molecular weight excluding hydrogens is 198 g/mol. The fraction of sp³-hybridized carbons (Fsp3) is 0.600. The molecule has 4 N–H and O–H groups in total. The Morgan fingerprint density at radius 2 is 1.80 bits per heavy atom. The van der Waals surface area contributed by atoms with Crippen molar-refractivity contribution in [2.24, 2.45) is 11.1 Å². The maximum atomic E-state index is 10.9.